The lowest BCUT2D eigenvalue weighted by atomic mass is 10.2. The van der Waals surface area contributed by atoms with E-state index < -0.39 is 0 Å². The molecule has 0 spiro atoms. The summed E-state index contributed by atoms with van der Waals surface area (Å²) < 4.78 is 2.80. The van der Waals surface area contributed by atoms with E-state index in [0.717, 1.165) is 16.0 Å². The standard InChI is InChI=1S/C22H17N3O2S/c1-24-21-19(14-18(28-21)9-5-8-16-10-12-23-13-11-16)20(26)25(22(24)27)15-17-6-3-2-4-7-17/h2-4,6-7,10-14H,8,15H2,1H3. The minimum absolute atomic E-state index is 0.251. The first-order valence-corrected chi connectivity index (χ1v) is 9.60. The van der Waals surface area contributed by atoms with Gasteiger partial charge in [0.15, 0.2) is 0 Å². The highest BCUT2D eigenvalue weighted by Gasteiger charge is 2.14. The zero-order valence-corrected chi connectivity index (χ0v) is 16.1. The first kappa shape index (κ1) is 18.0. The normalized spacial score (nSPS) is 10.6. The Morgan fingerprint density at radius 3 is 2.54 bits per heavy atom. The molecular weight excluding hydrogens is 370 g/mol. The highest BCUT2D eigenvalue weighted by molar-refractivity contribution is 7.19. The zero-order chi connectivity index (χ0) is 19.5. The van der Waals surface area contributed by atoms with Crippen LogP contribution in [-0.2, 0) is 20.0 Å². The SMILES string of the molecule is Cn1c(=O)n(Cc2ccccc2)c(=O)c2cc(C#CCc3ccncc3)sc21. The van der Waals surface area contributed by atoms with Crippen molar-refractivity contribution in [1.29, 1.82) is 0 Å². The van der Waals surface area contributed by atoms with Crippen LogP contribution in [-0.4, -0.2) is 14.1 Å². The lowest BCUT2D eigenvalue weighted by molar-refractivity contribution is 0.663. The summed E-state index contributed by atoms with van der Waals surface area (Å²) in [6.07, 6.45) is 4.08. The van der Waals surface area contributed by atoms with Gasteiger partial charge in [-0.2, -0.15) is 0 Å². The van der Waals surface area contributed by atoms with E-state index in [4.69, 9.17) is 0 Å². The van der Waals surface area contributed by atoms with E-state index >= 15 is 0 Å². The molecule has 0 fully saturated rings. The molecule has 0 aliphatic heterocycles. The van der Waals surface area contributed by atoms with Crippen LogP contribution in [0.25, 0.3) is 10.2 Å². The van der Waals surface area contributed by atoms with Gasteiger partial charge in [-0.1, -0.05) is 42.2 Å². The van der Waals surface area contributed by atoms with Crippen LogP contribution >= 0.6 is 11.3 Å². The Bertz CT molecular complexity index is 1310. The summed E-state index contributed by atoms with van der Waals surface area (Å²) >= 11 is 1.37. The molecule has 0 N–H and O–H groups in total. The fourth-order valence-corrected chi connectivity index (χ4v) is 3.96. The molecule has 3 aromatic heterocycles. The van der Waals surface area contributed by atoms with Crippen LogP contribution in [0.3, 0.4) is 0 Å². The summed E-state index contributed by atoms with van der Waals surface area (Å²) in [6, 6.07) is 15.1. The summed E-state index contributed by atoms with van der Waals surface area (Å²) in [7, 11) is 1.69. The third-order valence-corrected chi connectivity index (χ3v) is 5.57. The van der Waals surface area contributed by atoms with E-state index in [2.05, 4.69) is 16.8 Å². The number of benzene rings is 1. The van der Waals surface area contributed by atoms with Crippen LogP contribution in [0.15, 0.2) is 70.5 Å². The first-order chi connectivity index (χ1) is 13.6. The first-order valence-electron chi connectivity index (χ1n) is 8.78. The minimum atomic E-state index is -0.320. The van der Waals surface area contributed by atoms with Crippen molar-refractivity contribution in [3.63, 3.8) is 0 Å². The van der Waals surface area contributed by atoms with Gasteiger partial charge in [-0.05, 0) is 29.3 Å². The van der Waals surface area contributed by atoms with Crippen LogP contribution in [0.4, 0.5) is 0 Å². The summed E-state index contributed by atoms with van der Waals surface area (Å²) in [5.41, 5.74) is 1.40. The van der Waals surface area contributed by atoms with E-state index in [9.17, 15) is 9.59 Å². The molecule has 0 radical (unpaired) electrons. The molecule has 0 aliphatic carbocycles. The van der Waals surface area contributed by atoms with Gasteiger partial charge in [0.25, 0.3) is 5.56 Å². The number of aromatic nitrogens is 3. The third kappa shape index (κ3) is 3.53. The van der Waals surface area contributed by atoms with Crippen LogP contribution < -0.4 is 11.2 Å². The molecule has 138 valence electrons. The van der Waals surface area contributed by atoms with Gasteiger partial charge in [0.2, 0.25) is 0 Å². The number of hydrogen-bond acceptors (Lipinski definition) is 4. The number of hydrogen-bond donors (Lipinski definition) is 0. The van der Waals surface area contributed by atoms with E-state index in [-0.39, 0.29) is 17.8 Å². The molecule has 0 saturated carbocycles. The number of rotatable bonds is 3. The second-order valence-electron chi connectivity index (χ2n) is 6.38. The Morgan fingerprint density at radius 2 is 1.79 bits per heavy atom. The van der Waals surface area contributed by atoms with Gasteiger partial charge in [0.1, 0.15) is 4.83 Å². The van der Waals surface area contributed by atoms with Crippen LogP contribution in [0, 0.1) is 11.8 Å². The summed E-state index contributed by atoms with van der Waals surface area (Å²) in [6.45, 7) is 0.251. The largest absolute Gasteiger partial charge is 0.332 e. The van der Waals surface area contributed by atoms with E-state index in [0.29, 0.717) is 16.6 Å². The molecule has 0 aliphatic rings. The van der Waals surface area contributed by atoms with Crippen molar-refractivity contribution in [2.24, 2.45) is 7.05 Å². The smallest absolute Gasteiger partial charge is 0.287 e. The van der Waals surface area contributed by atoms with E-state index in [1.807, 2.05) is 42.5 Å². The Kier molecular flexibility index (Phi) is 4.92. The summed E-state index contributed by atoms with van der Waals surface area (Å²) in [5.74, 6) is 6.23. The molecule has 6 heteroatoms. The van der Waals surface area contributed by atoms with Crippen LogP contribution in [0.5, 0.6) is 0 Å². The monoisotopic (exact) mass is 387 g/mol. The van der Waals surface area contributed by atoms with Crippen molar-refractivity contribution in [1.82, 2.24) is 14.1 Å². The molecular formula is C22H17N3O2S. The lowest BCUT2D eigenvalue weighted by Gasteiger charge is -2.08. The van der Waals surface area contributed by atoms with Crippen molar-refractivity contribution < 1.29 is 0 Å². The second kappa shape index (κ2) is 7.67. The van der Waals surface area contributed by atoms with Gasteiger partial charge in [-0.25, -0.2) is 4.79 Å². The van der Waals surface area contributed by atoms with E-state index in [1.165, 1.54) is 20.5 Å². The molecule has 4 rings (SSSR count). The highest BCUT2D eigenvalue weighted by atomic mass is 32.1. The molecule has 0 saturated heterocycles. The number of aryl methyl sites for hydroxylation is 1. The number of fused-ring (bicyclic) bond motifs is 1. The maximum absolute atomic E-state index is 12.9. The van der Waals surface area contributed by atoms with Crippen molar-refractivity contribution in [3.05, 3.63) is 97.8 Å². The zero-order valence-electron chi connectivity index (χ0n) is 15.3. The number of nitrogens with zero attached hydrogens (tertiary/aromatic N) is 3. The van der Waals surface area contributed by atoms with Crippen LogP contribution in [0.2, 0.25) is 0 Å². The molecule has 1 aromatic carbocycles. The summed E-state index contributed by atoms with van der Waals surface area (Å²) in [4.78, 5) is 31.0. The average molecular weight is 387 g/mol. The van der Waals surface area contributed by atoms with Crippen molar-refractivity contribution in [2.45, 2.75) is 13.0 Å². The average Bonchev–Trinajstić information content (AvgIpc) is 3.16. The minimum Gasteiger partial charge on any atom is -0.287 e. The molecule has 3 heterocycles. The van der Waals surface area contributed by atoms with Crippen molar-refractivity contribution in [3.8, 4) is 11.8 Å². The van der Waals surface area contributed by atoms with Gasteiger partial charge in [0, 0.05) is 25.9 Å². The number of thiophene rings is 1. The predicted octanol–water partition coefficient (Wildman–Crippen LogP) is 2.80. The fraction of sp³-hybridized carbons (Fsp3) is 0.136. The Balaban J connectivity index is 1.72. The molecule has 0 atom stereocenters. The highest BCUT2D eigenvalue weighted by Crippen LogP contribution is 2.21. The van der Waals surface area contributed by atoms with Crippen molar-refractivity contribution >= 4 is 21.6 Å². The topological polar surface area (TPSA) is 56.9 Å². The number of pyridine rings is 1. The fourth-order valence-electron chi connectivity index (χ4n) is 2.99. The van der Waals surface area contributed by atoms with Gasteiger partial charge in [0.05, 0.1) is 16.8 Å². The molecule has 5 nitrogen and oxygen atoms in total. The van der Waals surface area contributed by atoms with Gasteiger partial charge < -0.3 is 0 Å². The Hall–Kier alpha value is -3.43. The predicted molar refractivity (Wildman–Crippen MR) is 112 cm³/mol. The third-order valence-electron chi connectivity index (χ3n) is 4.45. The van der Waals surface area contributed by atoms with Gasteiger partial charge in [-0.3, -0.25) is 18.9 Å². The molecule has 28 heavy (non-hydrogen) atoms. The second-order valence-corrected chi connectivity index (χ2v) is 7.41. The van der Waals surface area contributed by atoms with E-state index in [1.54, 1.807) is 25.5 Å². The molecule has 0 bridgehead atoms. The maximum atomic E-state index is 12.9. The van der Waals surface area contributed by atoms with Crippen LogP contribution in [0.1, 0.15) is 16.0 Å². The molecule has 4 aromatic rings. The van der Waals surface area contributed by atoms with Crippen molar-refractivity contribution in [2.75, 3.05) is 0 Å². The summed E-state index contributed by atoms with van der Waals surface area (Å²) in [5, 5.41) is 0.524. The maximum Gasteiger partial charge on any atom is 0.332 e. The Morgan fingerprint density at radius 1 is 1.04 bits per heavy atom. The lowest BCUT2D eigenvalue weighted by Crippen LogP contribution is -2.38. The van der Waals surface area contributed by atoms with Gasteiger partial charge >= 0.3 is 5.69 Å². The Labute approximate surface area is 165 Å². The molecule has 0 unspecified atom stereocenters. The molecule has 0 amide bonds. The van der Waals surface area contributed by atoms with Gasteiger partial charge in [-0.15, -0.1) is 11.3 Å². The quantitative estimate of drug-likeness (QED) is 0.508.